The van der Waals surface area contributed by atoms with E-state index < -0.39 is 0 Å². The van der Waals surface area contributed by atoms with Crippen LogP contribution in [0.3, 0.4) is 0 Å². The number of carbonyl (C=O) groups is 1. The number of anilines is 1. The Labute approximate surface area is 168 Å². The van der Waals surface area contributed by atoms with E-state index in [-0.39, 0.29) is 28.9 Å². The van der Waals surface area contributed by atoms with E-state index in [2.05, 4.69) is 47.8 Å². The van der Waals surface area contributed by atoms with Gasteiger partial charge in [-0.1, -0.05) is 27.7 Å². The fourth-order valence-corrected chi connectivity index (χ4v) is 5.79. The van der Waals surface area contributed by atoms with Crippen molar-refractivity contribution in [1.29, 1.82) is 0 Å². The monoisotopic (exact) mass is 386 g/mol. The average molecular weight is 387 g/mol. The van der Waals surface area contributed by atoms with Crippen molar-refractivity contribution in [2.45, 2.75) is 65.1 Å². The highest BCUT2D eigenvalue weighted by atomic mass is 16.3. The third-order valence-corrected chi connectivity index (χ3v) is 7.00. The zero-order valence-electron chi connectivity index (χ0n) is 17.6. The second-order valence-electron chi connectivity index (χ2n) is 10.3. The first-order valence-corrected chi connectivity index (χ1v) is 10.6. The fourth-order valence-electron chi connectivity index (χ4n) is 5.79. The van der Waals surface area contributed by atoms with Gasteiger partial charge in [0.05, 0.1) is 11.7 Å². The van der Waals surface area contributed by atoms with E-state index in [1.165, 1.54) is 0 Å². The van der Waals surface area contributed by atoms with Crippen molar-refractivity contribution < 1.29 is 9.90 Å². The minimum absolute atomic E-state index is 0.0294. The molecule has 3 aliphatic rings. The molecule has 2 aliphatic carbocycles. The van der Waals surface area contributed by atoms with Crippen LogP contribution in [0.5, 0.6) is 0 Å². The van der Waals surface area contributed by atoms with E-state index in [0.29, 0.717) is 11.6 Å². The Morgan fingerprint density at radius 3 is 2.25 bits per heavy atom. The lowest BCUT2D eigenvalue weighted by molar-refractivity contribution is -0.0366. The number of aliphatic hydroxyl groups is 1. The van der Waals surface area contributed by atoms with E-state index in [1.54, 1.807) is 6.20 Å². The SMILES string of the molecule is CC1(C)CC(C)(C)C1NC(=O)c1ccc(N2CCN(C3CC(O)C3)CC2)nc1. The second-order valence-corrected chi connectivity index (χ2v) is 10.3. The molecule has 1 saturated heterocycles. The van der Waals surface area contributed by atoms with E-state index in [1.807, 2.05) is 12.1 Å². The fraction of sp³-hybridized carbons (Fsp3) is 0.727. The Hall–Kier alpha value is -1.66. The minimum Gasteiger partial charge on any atom is -0.393 e. The van der Waals surface area contributed by atoms with Gasteiger partial charge in [0.25, 0.3) is 5.91 Å². The van der Waals surface area contributed by atoms with Gasteiger partial charge in [-0.15, -0.1) is 0 Å². The number of pyridine rings is 1. The Morgan fingerprint density at radius 2 is 1.75 bits per heavy atom. The molecule has 2 saturated carbocycles. The first kappa shape index (κ1) is 19.6. The molecule has 154 valence electrons. The zero-order chi connectivity index (χ0) is 20.1. The molecule has 2 N–H and O–H groups in total. The molecule has 1 aromatic heterocycles. The topological polar surface area (TPSA) is 68.7 Å². The van der Waals surface area contributed by atoms with E-state index in [0.717, 1.165) is 51.3 Å². The quantitative estimate of drug-likeness (QED) is 0.831. The summed E-state index contributed by atoms with van der Waals surface area (Å²) in [6.45, 7) is 12.8. The van der Waals surface area contributed by atoms with E-state index in [9.17, 15) is 9.90 Å². The maximum Gasteiger partial charge on any atom is 0.253 e. The number of carbonyl (C=O) groups excluding carboxylic acids is 1. The third-order valence-electron chi connectivity index (χ3n) is 7.00. The molecule has 4 rings (SSSR count). The largest absolute Gasteiger partial charge is 0.393 e. The molecule has 0 atom stereocenters. The van der Waals surface area contributed by atoms with Gasteiger partial charge in [-0.3, -0.25) is 9.69 Å². The van der Waals surface area contributed by atoms with Crippen LogP contribution < -0.4 is 10.2 Å². The Kier molecular flexibility index (Phi) is 4.91. The van der Waals surface area contributed by atoms with E-state index >= 15 is 0 Å². The standard InChI is InChI=1S/C22H34N4O2/c1-21(2)14-22(3,4)20(21)24-19(28)15-5-6-18(23-13-15)26-9-7-25(8-10-26)16-11-17(27)12-16/h5-6,13,16-17,20,27H,7-12,14H2,1-4H3,(H,24,28). The van der Waals surface area contributed by atoms with Gasteiger partial charge in [0.2, 0.25) is 0 Å². The Balaban J connectivity index is 1.32. The molecule has 6 nitrogen and oxygen atoms in total. The predicted molar refractivity (Wildman–Crippen MR) is 110 cm³/mol. The molecule has 3 fully saturated rings. The number of amides is 1. The molecule has 28 heavy (non-hydrogen) atoms. The lowest BCUT2D eigenvalue weighted by atomic mass is 9.52. The molecule has 6 heteroatoms. The summed E-state index contributed by atoms with van der Waals surface area (Å²) < 4.78 is 0. The highest BCUT2D eigenvalue weighted by Crippen LogP contribution is 2.53. The zero-order valence-corrected chi connectivity index (χ0v) is 17.6. The van der Waals surface area contributed by atoms with Crippen LogP contribution in [-0.4, -0.2) is 65.3 Å². The summed E-state index contributed by atoms with van der Waals surface area (Å²) in [7, 11) is 0. The van der Waals surface area contributed by atoms with Gasteiger partial charge in [-0.2, -0.15) is 0 Å². The normalized spacial score (nSPS) is 29.7. The smallest absolute Gasteiger partial charge is 0.253 e. The molecular weight excluding hydrogens is 352 g/mol. The van der Waals surface area contributed by atoms with Crippen molar-refractivity contribution in [3.05, 3.63) is 23.9 Å². The van der Waals surface area contributed by atoms with E-state index in [4.69, 9.17) is 0 Å². The van der Waals surface area contributed by atoms with Crippen molar-refractivity contribution in [2.75, 3.05) is 31.1 Å². The summed E-state index contributed by atoms with van der Waals surface area (Å²) in [6.07, 6.45) is 4.55. The maximum atomic E-state index is 12.7. The molecular formula is C22H34N4O2. The minimum atomic E-state index is -0.0977. The average Bonchev–Trinajstić information content (AvgIpc) is 2.63. The van der Waals surface area contributed by atoms with Gasteiger partial charge >= 0.3 is 0 Å². The molecule has 2 heterocycles. The number of hydrogen-bond acceptors (Lipinski definition) is 5. The first-order valence-electron chi connectivity index (χ1n) is 10.6. The molecule has 0 radical (unpaired) electrons. The molecule has 0 unspecified atom stereocenters. The number of aromatic nitrogens is 1. The van der Waals surface area contributed by atoms with Crippen LogP contribution in [0.4, 0.5) is 5.82 Å². The number of hydrogen-bond donors (Lipinski definition) is 2. The summed E-state index contributed by atoms with van der Waals surface area (Å²) in [5.74, 6) is 0.910. The third kappa shape index (κ3) is 3.64. The van der Waals surface area contributed by atoms with Gasteiger partial charge in [0.1, 0.15) is 5.82 Å². The summed E-state index contributed by atoms with van der Waals surface area (Å²) in [5.41, 5.74) is 0.912. The van der Waals surface area contributed by atoms with Crippen molar-refractivity contribution in [3.8, 4) is 0 Å². The lowest BCUT2D eigenvalue weighted by Crippen LogP contribution is -2.63. The molecule has 0 bridgehead atoms. The molecule has 1 aliphatic heterocycles. The van der Waals surface area contributed by atoms with Gasteiger partial charge in [0.15, 0.2) is 0 Å². The Morgan fingerprint density at radius 1 is 1.11 bits per heavy atom. The Bertz CT molecular complexity index is 703. The van der Waals surface area contributed by atoms with Crippen molar-refractivity contribution in [3.63, 3.8) is 0 Å². The number of nitrogens with zero attached hydrogens (tertiary/aromatic N) is 3. The van der Waals surface area contributed by atoms with Gasteiger partial charge in [-0.05, 0) is 42.2 Å². The number of piperazine rings is 1. The highest BCUT2D eigenvalue weighted by Gasteiger charge is 2.53. The predicted octanol–water partition coefficient (Wildman–Crippen LogP) is 2.28. The number of rotatable bonds is 4. The summed E-state index contributed by atoms with van der Waals surface area (Å²) in [4.78, 5) is 22.0. The van der Waals surface area contributed by atoms with Crippen LogP contribution in [0.15, 0.2) is 18.3 Å². The summed E-state index contributed by atoms with van der Waals surface area (Å²) in [6, 6.07) is 4.60. The van der Waals surface area contributed by atoms with Gasteiger partial charge in [0, 0.05) is 44.5 Å². The number of aliphatic hydroxyl groups excluding tert-OH is 1. The first-order chi connectivity index (χ1) is 13.2. The molecule has 0 spiro atoms. The molecule has 1 amide bonds. The summed E-state index contributed by atoms with van der Waals surface area (Å²) >= 11 is 0. The maximum absolute atomic E-state index is 12.7. The van der Waals surface area contributed by atoms with Crippen molar-refractivity contribution in [2.24, 2.45) is 10.8 Å². The van der Waals surface area contributed by atoms with Crippen LogP contribution >= 0.6 is 0 Å². The van der Waals surface area contributed by atoms with Crippen molar-refractivity contribution >= 4 is 11.7 Å². The molecule has 1 aromatic rings. The van der Waals surface area contributed by atoms with Crippen LogP contribution in [-0.2, 0) is 0 Å². The van der Waals surface area contributed by atoms with Crippen LogP contribution in [0, 0.1) is 10.8 Å². The van der Waals surface area contributed by atoms with Gasteiger partial charge in [-0.25, -0.2) is 4.98 Å². The van der Waals surface area contributed by atoms with Crippen LogP contribution in [0.25, 0.3) is 0 Å². The van der Waals surface area contributed by atoms with Crippen LogP contribution in [0.1, 0.15) is 57.3 Å². The molecule has 0 aromatic carbocycles. The van der Waals surface area contributed by atoms with Crippen molar-refractivity contribution in [1.82, 2.24) is 15.2 Å². The second kappa shape index (κ2) is 6.99. The summed E-state index contributed by atoms with van der Waals surface area (Å²) in [5, 5.41) is 12.7. The highest BCUT2D eigenvalue weighted by molar-refractivity contribution is 5.94. The van der Waals surface area contributed by atoms with Crippen LogP contribution in [0.2, 0.25) is 0 Å². The lowest BCUT2D eigenvalue weighted by Gasteiger charge is -2.57. The number of nitrogens with one attached hydrogen (secondary N) is 1. The van der Waals surface area contributed by atoms with Gasteiger partial charge < -0.3 is 15.3 Å².